The van der Waals surface area contributed by atoms with E-state index in [1.807, 2.05) is 13.0 Å². The molecule has 1 saturated heterocycles. The molecule has 0 atom stereocenters. The van der Waals surface area contributed by atoms with E-state index in [0.717, 1.165) is 37.1 Å². The molecule has 2 rings (SSSR count). The fourth-order valence-electron chi connectivity index (χ4n) is 2.16. The van der Waals surface area contributed by atoms with Crippen molar-refractivity contribution in [1.29, 1.82) is 0 Å². The van der Waals surface area contributed by atoms with Crippen molar-refractivity contribution >= 4 is 11.6 Å². The van der Waals surface area contributed by atoms with Gasteiger partial charge >= 0.3 is 0 Å². The topological polar surface area (TPSA) is 45.1 Å². The molecule has 88 valence electrons. The van der Waals surface area contributed by atoms with Crippen molar-refractivity contribution in [2.24, 2.45) is 0 Å². The average Bonchev–Trinajstić information content (AvgIpc) is 2.24. The van der Waals surface area contributed by atoms with Gasteiger partial charge in [-0.3, -0.25) is 0 Å². The molecule has 0 aromatic carbocycles. The van der Waals surface area contributed by atoms with Crippen molar-refractivity contribution in [3.05, 3.63) is 28.5 Å². The van der Waals surface area contributed by atoms with Gasteiger partial charge in [0, 0.05) is 12.6 Å². The minimum Gasteiger partial charge on any atom is -0.389 e. The van der Waals surface area contributed by atoms with Gasteiger partial charge in [0.05, 0.1) is 5.60 Å². The Morgan fingerprint density at radius 3 is 2.81 bits per heavy atom. The Bertz CT molecular complexity index is 375. The summed E-state index contributed by atoms with van der Waals surface area (Å²) in [5, 5.41) is 14.2. The first-order valence-corrected chi connectivity index (χ1v) is 6.01. The Morgan fingerprint density at radius 1 is 1.50 bits per heavy atom. The highest BCUT2D eigenvalue weighted by Gasteiger charge is 2.29. The van der Waals surface area contributed by atoms with E-state index in [9.17, 15) is 5.11 Å². The van der Waals surface area contributed by atoms with Crippen LogP contribution in [0.5, 0.6) is 0 Å². The third-order valence-corrected chi connectivity index (χ3v) is 3.53. The van der Waals surface area contributed by atoms with Crippen LogP contribution in [0.4, 0.5) is 0 Å². The fourth-order valence-corrected chi connectivity index (χ4v) is 2.27. The zero-order valence-electron chi connectivity index (χ0n) is 9.46. The standard InChI is InChI=1S/C12H17ClN2O/c1-9-6-10(8-15-11(9)13)7-12(16)2-4-14-5-3-12/h6,8,14,16H,2-5,7H2,1H3. The van der Waals surface area contributed by atoms with Gasteiger partial charge in [-0.2, -0.15) is 0 Å². The lowest BCUT2D eigenvalue weighted by atomic mass is 9.86. The maximum absolute atomic E-state index is 10.4. The Balaban J connectivity index is 2.10. The van der Waals surface area contributed by atoms with Crippen molar-refractivity contribution < 1.29 is 5.11 Å². The predicted molar refractivity (Wildman–Crippen MR) is 64.7 cm³/mol. The Kier molecular flexibility index (Phi) is 3.47. The van der Waals surface area contributed by atoms with Crippen LogP contribution in [0, 0.1) is 6.92 Å². The van der Waals surface area contributed by atoms with Gasteiger partial charge in [-0.05, 0) is 44.0 Å². The van der Waals surface area contributed by atoms with E-state index in [2.05, 4.69) is 10.3 Å². The normalized spacial score (nSPS) is 19.7. The molecule has 16 heavy (non-hydrogen) atoms. The maximum atomic E-state index is 10.4. The molecule has 2 heterocycles. The number of rotatable bonds is 2. The molecule has 0 bridgehead atoms. The highest BCUT2D eigenvalue weighted by Crippen LogP contribution is 2.24. The predicted octanol–water partition coefficient (Wildman–Crippen LogP) is 1.70. The van der Waals surface area contributed by atoms with Gasteiger partial charge in [0.1, 0.15) is 5.15 Å². The molecular formula is C12H17ClN2O. The number of aliphatic hydroxyl groups is 1. The molecule has 1 aromatic heterocycles. The summed E-state index contributed by atoms with van der Waals surface area (Å²) < 4.78 is 0. The Labute approximate surface area is 101 Å². The van der Waals surface area contributed by atoms with Crippen LogP contribution < -0.4 is 5.32 Å². The SMILES string of the molecule is Cc1cc(CC2(O)CCNCC2)cnc1Cl. The highest BCUT2D eigenvalue weighted by atomic mass is 35.5. The number of halogens is 1. The fraction of sp³-hybridized carbons (Fsp3) is 0.583. The lowest BCUT2D eigenvalue weighted by Crippen LogP contribution is -2.43. The first-order chi connectivity index (χ1) is 7.59. The van der Waals surface area contributed by atoms with Crippen LogP contribution in [0.15, 0.2) is 12.3 Å². The number of piperidine rings is 1. The summed E-state index contributed by atoms with van der Waals surface area (Å²) in [5.74, 6) is 0. The van der Waals surface area contributed by atoms with Crippen LogP contribution in [-0.4, -0.2) is 28.8 Å². The summed E-state index contributed by atoms with van der Waals surface area (Å²) >= 11 is 5.87. The molecule has 1 fully saturated rings. The summed E-state index contributed by atoms with van der Waals surface area (Å²) in [6.45, 7) is 3.71. The van der Waals surface area contributed by atoms with E-state index in [1.54, 1.807) is 6.20 Å². The number of aryl methyl sites for hydroxylation is 1. The van der Waals surface area contributed by atoms with E-state index < -0.39 is 5.60 Å². The van der Waals surface area contributed by atoms with E-state index in [4.69, 9.17) is 11.6 Å². The summed E-state index contributed by atoms with van der Waals surface area (Å²) in [5.41, 5.74) is 1.45. The van der Waals surface area contributed by atoms with Crippen molar-refractivity contribution in [1.82, 2.24) is 10.3 Å². The Hall–Kier alpha value is -0.640. The highest BCUT2D eigenvalue weighted by molar-refractivity contribution is 6.30. The second kappa shape index (κ2) is 4.70. The minimum absolute atomic E-state index is 0.543. The summed E-state index contributed by atoms with van der Waals surface area (Å²) in [7, 11) is 0. The minimum atomic E-state index is -0.576. The van der Waals surface area contributed by atoms with E-state index >= 15 is 0 Å². The van der Waals surface area contributed by atoms with Gasteiger partial charge in [-0.15, -0.1) is 0 Å². The molecule has 0 radical (unpaired) electrons. The quantitative estimate of drug-likeness (QED) is 0.774. The summed E-state index contributed by atoms with van der Waals surface area (Å²) in [6.07, 6.45) is 4.03. The maximum Gasteiger partial charge on any atom is 0.131 e. The van der Waals surface area contributed by atoms with Gasteiger partial charge < -0.3 is 10.4 Å². The van der Waals surface area contributed by atoms with Crippen LogP contribution in [0.3, 0.4) is 0 Å². The molecule has 0 spiro atoms. The van der Waals surface area contributed by atoms with Crippen LogP contribution in [0.1, 0.15) is 24.0 Å². The van der Waals surface area contributed by atoms with Gasteiger partial charge in [0.25, 0.3) is 0 Å². The number of nitrogens with one attached hydrogen (secondary N) is 1. The van der Waals surface area contributed by atoms with Crippen molar-refractivity contribution in [3.8, 4) is 0 Å². The van der Waals surface area contributed by atoms with Crippen LogP contribution in [0.2, 0.25) is 5.15 Å². The van der Waals surface area contributed by atoms with Gasteiger partial charge in [0.2, 0.25) is 0 Å². The number of hydrogen-bond acceptors (Lipinski definition) is 3. The van der Waals surface area contributed by atoms with E-state index in [0.29, 0.717) is 11.6 Å². The molecule has 1 aromatic rings. The lowest BCUT2D eigenvalue weighted by molar-refractivity contribution is 0.0108. The van der Waals surface area contributed by atoms with Crippen LogP contribution >= 0.6 is 11.6 Å². The molecule has 3 nitrogen and oxygen atoms in total. The summed E-state index contributed by atoms with van der Waals surface area (Å²) in [4.78, 5) is 4.11. The van der Waals surface area contributed by atoms with Gasteiger partial charge in [0.15, 0.2) is 0 Å². The molecule has 0 saturated carbocycles. The molecule has 0 aliphatic carbocycles. The van der Waals surface area contributed by atoms with Crippen LogP contribution in [0.25, 0.3) is 0 Å². The average molecular weight is 241 g/mol. The monoisotopic (exact) mass is 240 g/mol. The lowest BCUT2D eigenvalue weighted by Gasteiger charge is -2.32. The van der Waals surface area contributed by atoms with Gasteiger partial charge in [-0.25, -0.2) is 4.98 Å². The second-order valence-electron chi connectivity index (χ2n) is 4.60. The first-order valence-electron chi connectivity index (χ1n) is 5.63. The zero-order valence-corrected chi connectivity index (χ0v) is 10.2. The first kappa shape index (κ1) is 11.8. The smallest absolute Gasteiger partial charge is 0.131 e. The largest absolute Gasteiger partial charge is 0.389 e. The van der Waals surface area contributed by atoms with Crippen molar-refractivity contribution in [2.45, 2.75) is 31.8 Å². The van der Waals surface area contributed by atoms with Crippen molar-refractivity contribution in [2.75, 3.05) is 13.1 Å². The van der Waals surface area contributed by atoms with E-state index in [-0.39, 0.29) is 0 Å². The van der Waals surface area contributed by atoms with Crippen molar-refractivity contribution in [3.63, 3.8) is 0 Å². The third-order valence-electron chi connectivity index (χ3n) is 3.14. The second-order valence-corrected chi connectivity index (χ2v) is 4.96. The summed E-state index contributed by atoms with van der Waals surface area (Å²) in [6, 6.07) is 2.01. The number of hydrogen-bond donors (Lipinski definition) is 2. The molecule has 4 heteroatoms. The molecular weight excluding hydrogens is 224 g/mol. The van der Waals surface area contributed by atoms with E-state index in [1.165, 1.54) is 0 Å². The molecule has 0 amide bonds. The van der Waals surface area contributed by atoms with Crippen LogP contribution in [-0.2, 0) is 6.42 Å². The third kappa shape index (κ3) is 2.73. The Morgan fingerprint density at radius 2 is 2.19 bits per heavy atom. The zero-order chi connectivity index (χ0) is 11.6. The number of nitrogens with zero attached hydrogens (tertiary/aromatic N) is 1. The van der Waals surface area contributed by atoms with Gasteiger partial charge in [-0.1, -0.05) is 17.7 Å². The molecule has 1 aliphatic heterocycles. The molecule has 2 N–H and O–H groups in total. The number of pyridine rings is 1. The number of aromatic nitrogens is 1. The molecule has 0 unspecified atom stereocenters. The molecule has 1 aliphatic rings.